The lowest BCUT2D eigenvalue weighted by atomic mass is 10.1. The smallest absolute Gasteiger partial charge is 0.251 e. The average Bonchev–Trinajstić information content (AvgIpc) is 2.39. The molecule has 18 heavy (non-hydrogen) atoms. The van der Waals surface area contributed by atoms with Gasteiger partial charge in [0, 0.05) is 21.5 Å². The first kappa shape index (κ1) is 13.0. The van der Waals surface area contributed by atoms with Gasteiger partial charge in [0.05, 0.1) is 6.04 Å². The summed E-state index contributed by atoms with van der Waals surface area (Å²) in [5.74, 6) is -0.0576. The van der Waals surface area contributed by atoms with E-state index in [0.29, 0.717) is 5.56 Å². The molecule has 3 nitrogen and oxygen atoms in total. The van der Waals surface area contributed by atoms with Gasteiger partial charge >= 0.3 is 0 Å². The molecular weight excluding hydrogens is 339 g/mol. The number of hydrogen-bond acceptors (Lipinski definition) is 2. The molecule has 0 saturated heterocycles. The van der Waals surface area contributed by atoms with Crippen molar-refractivity contribution < 1.29 is 4.79 Å². The summed E-state index contributed by atoms with van der Waals surface area (Å²) in [5.41, 5.74) is 1.73. The molecule has 1 atom stereocenters. The van der Waals surface area contributed by atoms with Crippen LogP contribution in [0.1, 0.15) is 28.9 Å². The van der Waals surface area contributed by atoms with Crippen molar-refractivity contribution in [3.05, 3.63) is 63.5 Å². The van der Waals surface area contributed by atoms with Crippen LogP contribution in [0.3, 0.4) is 0 Å². The monoisotopic (exact) mass is 352 g/mol. The Morgan fingerprint density at radius 3 is 2.67 bits per heavy atom. The van der Waals surface area contributed by atoms with E-state index in [1.165, 1.54) is 0 Å². The largest absolute Gasteiger partial charge is 0.346 e. The molecule has 0 spiro atoms. The molecule has 0 aliphatic carbocycles. The van der Waals surface area contributed by atoms with E-state index in [-0.39, 0.29) is 11.9 Å². The number of nitrogens with zero attached hydrogens (tertiary/aromatic N) is 1. The molecule has 92 valence electrons. The Labute approximate surface area is 120 Å². The van der Waals surface area contributed by atoms with Gasteiger partial charge in [-0.05, 0) is 65.4 Å². The number of amides is 1. The van der Waals surface area contributed by atoms with E-state index in [0.717, 1.165) is 9.13 Å². The minimum absolute atomic E-state index is 0.0293. The summed E-state index contributed by atoms with van der Waals surface area (Å²) in [5, 5.41) is 2.97. The SMILES string of the molecule is CC(NC(=O)c1cccc(I)c1)c1ccncc1. The first-order chi connectivity index (χ1) is 8.66. The van der Waals surface area contributed by atoms with Gasteiger partial charge in [0.2, 0.25) is 0 Å². The maximum absolute atomic E-state index is 12.1. The summed E-state index contributed by atoms with van der Waals surface area (Å²) in [6, 6.07) is 11.3. The van der Waals surface area contributed by atoms with Crippen LogP contribution < -0.4 is 5.32 Å². The van der Waals surface area contributed by atoms with E-state index in [4.69, 9.17) is 0 Å². The number of nitrogens with one attached hydrogen (secondary N) is 1. The number of aromatic nitrogens is 1. The molecule has 1 N–H and O–H groups in total. The molecule has 1 aromatic heterocycles. The zero-order valence-corrected chi connectivity index (χ0v) is 12.1. The fourth-order valence-corrected chi connectivity index (χ4v) is 2.19. The van der Waals surface area contributed by atoms with Gasteiger partial charge < -0.3 is 5.32 Å². The van der Waals surface area contributed by atoms with Crippen molar-refractivity contribution in [2.75, 3.05) is 0 Å². The van der Waals surface area contributed by atoms with Crippen LogP contribution in [-0.4, -0.2) is 10.9 Å². The Morgan fingerprint density at radius 2 is 2.00 bits per heavy atom. The second-order valence-corrected chi connectivity index (χ2v) is 5.23. The molecule has 1 unspecified atom stereocenters. The van der Waals surface area contributed by atoms with Gasteiger partial charge in [0.15, 0.2) is 0 Å². The van der Waals surface area contributed by atoms with Crippen molar-refractivity contribution >= 4 is 28.5 Å². The fraction of sp³-hybridized carbons (Fsp3) is 0.143. The predicted octanol–water partition coefficient (Wildman–Crippen LogP) is 3.18. The van der Waals surface area contributed by atoms with Crippen molar-refractivity contribution in [3.8, 4) is 0 Å². The second-order valence-electron chi connectivity index (χ2n) is 3.99. The van der Waals surface area contributed by atoms with E-state index in [1.54, 1.807) is 12.4 Å². The van der Waals surface area contributed by atoms with Crippen LogP contribution in [0.4, 0.5) is 0 Å². The minimum Gasteiger partial charge on any atom is -0.346 e. The number of halogens is 1. The number of pyridine rings is 1. The van der Waals surface area contributed by atoms with Gasteiger partial charge in [-0.1, -0.05) is 6.07 Å². The Bertz CT molecular complexity index is 543. The molecule has 1 amide bonds. The van der Waals surface area contributed by atoms with Crippen LogP contribution in [0, 0.1) is 3.57 Å². The lowest BCUT2D eigenvalue weighted by Crippen LogP contribution is -2.26. The van der Waals surface area contributed by atoms with Crippen LogP contribution in [0.25, 0.3) is 0 Å². The average molecular weight is 352 g/mol. The first-order valence-corrected chi connectivity index (χ1v) is 6.71. The highest BCUT2D eigenvalue weighted by atomic mass is 127. The maximum atomic E-state index is 12.1. The number of carbonyl (C=O) groups is 1. The van der Waals surface area contributed by atoms with E-state index in [1.807, 2.05) is 43.3 Å². The highest BCUT2D eigenvalue weighted by molar-refractivity contribution is 14.1. The normalized spacial score (nSPS) is 11.9. The molecule has 0 aliphatic heterocycles. The molecule has 0 saturated carbocycles. The maximum Gasteiger partial charge on any atom is 0.251 e. The Balaban J connectivity index is 2.08. The Kier molecular flexibility index (Phi) is 4.30. The summed E-state index contributed by atoms with van der Waals surface area (Å²) in [7, 11) is 0. The quantitative estimate of drug-likeness (QED) is 0.863. The van der Waals surface area contributed by atoms with Gasteiger partial charge in [-0.25, -0.2) is 0 Å². The van der Waals surface area contributed by atoms with Gasteiger partial charge in [0.1, 0.15) is 0 Å². The molecule has 1 aromatic carbocycles. The molecule has 1 heterocycles. The molecular formula is C14H13IN2O. The lowest BCUT2D eigenvalue weighted by molar-refractivity contribution is 0.0940. The number of rotatable bonds is 3. The van der Waals surface area contributed by atoms with E-state index in [2.05, 4.69) is 32.9 Å². The Morgan fingerprint density at radius 1 is 1.28 bits per heavy atom. The summed E-state index contributed by atoms with van der Waals surface area (Å²) in [6.07, 6.45) is 3.45. The molecule has 4 heteroatoms. The van der Waals surface area contributed by atoms with Crippen LogP contribution in [0.5, 0.6) is 0 Å². The predicted molar refractivity (Wildman–Crippen MR) is 79.3 cm³/mol. The standard InChI is InChI=1S/C14H13IN2O/c1-10(11-5-7-16-8-6-11)17-14(18)12-3-2-4-13(15)9-12/h2-10H,1H3,(H,17,18). The molecule has 2 rings (SSSR count). The van der Waals surface area contributed by atoms with Crippen molar-refractivity contribution in [2.45, 2.75) is 13.0 Å². The molecule has 2 aromatic rings. The highest BCUT2D eigenvalue weighted by Crippen LogP contribution is 2.13. The van der Waals surface area contributed by atoms with E-state index in [9.17, 15) is 4.79 Å². The molecule has 0 aliphatic rings. The van der Waals surface area contributed by atoms with Crippen molar-refractivity contribution in [1.82, 2.24) is 10.3 Å². The van der Waals surface area contributed by atoms with E-state index < -0.39 is 0 Å². The number of carbonyl (C=O) groups excluding carboxylic acids is 1. The summed E-state index contributed by atoms with van der Waals surface area (Å²) in [6.45, 7) is 1.96. The number of benzene rings is 1. The number of hydrogen-bond donors (Lipinski definition) is 1. The fourth-order valence-electron chi connectivity index (χ4n) is 1.65. The van der Waals surface area contributed by atoms with Crippen LogP contribution >= 0.6 is 22.6 Å². The van der Waals surface area contributed by atoms with Crippen LogP contribution in [0.15, 0.2) is 48.8 Å². The van der Waals surface area contributed by atoms with Crippen molar-refractivity contribution in [1.29, 1.82) is 0 Å². The van der Waals surface area contributed by atoms with Gasteiger partial charge in [-0.2, -0.15) is 0 Å². The molecule has 0 fully saturated rings. The zero-order chi connectivity index (χ0) is 13.0. The lowest BCUT2D eigenvalue weighted by Gasteiger charge is -2.14. The summed E-state index contributed by atoms with van der Waals surface area (Å²) < 4.78 is 1.05. The summed E-state index contributed by atoms with van der Waals surface area (Å²) in [4.78, 5) is 16.0. The topological polar surface area (TPSA) is 42.0 Å². The van der Waals surface area contributed by atoms with Crippen LogP contribution in [0.2, 0.25) is 0 Å². The van der Waals surface area contributed by atoms with Gasteiger partial charge in [-0.15, -0.1) is 0 Å². The molecule has 0 bridgehead atoms. The molecule has 0 radical (unpaired) electrons. The third-order valence-electron chi connectivity index (χ3n) is 2.64. The van der Waals surface area contributed by atoms with Gasteiger partial charge in [0.25, 0.3) is 5.91 Å². The van der Waals surface area contributed by atoms with Crippen molar-refractivity contribution in [2.24, 2.45) is 0 Å². The third-order valence-corrected chi connectivity index (χ3v) is 3.31. The Hall–Kier alpha value is -1.43. The third kappa shape index (κ3) is 3.29. The minimum atomic E-state index is -0.0576. The van der Waals surface area contributed by atoms with Crippen LogP contribution in [-0.2, 0) is 0 Å². The first-order valence-electron chi connectivity index (χ1n) is 5.63. The highest BCUT2D eigenvalue weighted by Gasteiger charge is 2.11. The van der Waals surface area contributed by atoms with Gasteiger partial charge in [-0.3, -0.25) is 9.78 Å². The van der Waals surface area contributed by atoms with E-state index >= 15 is 0 Å². The second kappa shape index (κ2) is 5.95. The van der Waals surface area contributed by atoms with Crippen molar-refractivity contribution in [3.63, 3.8) is 0 Å². The summed E-state index contributed by atoms with van der Waals surface area (Å²) >= 11 is 2.20. The zero-order valence-electron chi connectivity index (χ0n) is 9.93.